The first kappa shape index (κ1) is 34.2. The number of fused-ring (bicyclic) bond motifs is 4. The number of rotatable bonds is 6. The van der Waals surface area contributed by atoms with E-state index >= 15 is 0 Å². The largest absolute Gasteiger partial charge is 0.344 e. The number of nitrogens with zero attached hydrogens (tertiary/aromatic N) is 3. The minimum absolute atomic E-state index is 0.172. The van der Waals surface area contributed by atoms with Crippen molar-refractivity contribution in [3.63, 3.8) is 0 Å². The van der Waals surface area contributed by atoms with Crippen LogP contribution < -0.4 is 5.32 Å². The summed E-state index contributed by atoms with van der Waals surface area (Å²) in [5.41, 5.74) is 15.4. The van der Waals surface area contributed by atoms with E-state index in [4.69, 9.17) is 9.98 Å². The van der Waals surface area contributed by atoms with Crippen molar-refractivity contribution < 1.29 is 0 Å². The number of nitriles is 1. The molecule has 0 bridgehead atoms. The van der Waals surface area contributed by atoms with Gasteiger partial charge in [-0.15, -0.1) is 0 Å². The third-order valence-electron chi connectivity index (χ3n) is 11.6. The van der Waals surface area contributed by atoms with Gasteiger partial charge in [0.25, 0.3) is 0 Å². The monoisotopic (exact) mass is 730 g/mol. The molecule has 1 heterocycles. The van der Waals surface area contributed by atoms with Gasteiger partial charge < -0.3 is 5.32 Å². The van der Waals surface area contributed by atoms with Crippen LogP contribution in [0.15, 0.2) is 192 Å². The van der Waals surface area contributed by atoms with E-state index in [9.17, 15) is 5.26 Å². The van der Waals surface area contributed by atoms with Crippen molar-refractivity contribution in [2.24, 2.45) is 9.98 Å². The Morgan fingerprint density at radius 2 is 1.07 bits per heavy atom. The van der Waals surface area contributed by atoms with Crippen LogP contribution in [0.5, 0.6) is 0 Å². The van der Waals surface area contributed by atoms with Crippen LogP contribution in [0.3, 0.4) is 0 Å². The Balaban J connectivity index is 0.907. The molecule has 1 unspecified atom stereocenters. The van der Waals surface area contributed by atoms with E-state index in [0.29, 0.717) is 0 Å². The summed E-state index contributed by atoms with van der Waals surface area (Å²) in [7, 11) is 0. The van der Waals surface area contributed by atoms with E-state index in [0.717, 1.165) is 45.1 Å². The Morgan fingerprint density at radius 3 is 1.70 bits per heavy atom. The second-order valence-corrected chi connectivity index (χ2v) is 15.4. The molecule has 1 N–H and O–H groups in total. The number of hydrogen-bond donors (Lipinski definition) is 1. The fraction of sp³-hybridized carbons (Fsp3) is 0.0755. The fourth-order valence-electron chi connectivity index (χ4n) is 8.46. The first-order valence-corrected chi connectivity index (χ1v) is 19.4. The number of aliphatic imine (C=N–C) groups is 2. The van der Waals surface area contributed by atoms with Gasteiger partial charge >= 0.3 is 0 Å². The second kappa shape index (κ2) is 13.7. The molecule has 270 valence electrons. The van der Waals surface area contributed by atoms with Gasteiger partial charge in [0.2, 0.25) is 0 Å². The molecule has 8 aromatic rings. The second-order valence-electron chi connectivity index (χ2n) is 15.4. The van der Waals surface area contributed by atoms with Gasteiger partial charge in [-0.2, -0.15) is 5.26 Å². The third kappa shape index (κ3) is 6.11. The Bertz CT molecular complexity index is 2930. The highest BCUT2D eigenvalue weighted by molar-refractivity contribution is 6.13. The van der Waals surface area contributed by atoms with Crippen LogP contribution in [0, 0.1) is 11.3 Å². The van der Waals surface area contributed by atoms with Crippen LogP contribution in [-0.2, 0) is 5.41 Å². The highest BCUT2D eigenvalue weighted by Gasteiger charge is 2.37. The van der Waals surface area contributed by atoms with Gasteiger partial charge in [0.15, 0.2) is 5.84 Å². The molecule has 10 rings (SSSR count). The van der Waals surface area contributed by atoms with Gasteiger partial charge in [-0.1, -0.05) is 172 Å². The zero-order valence-electron chi connectivity index (χ0n) is 31.7. The summed E-state index contributed by atoms with van der Waals surface area (Å²) in [5, 5.41) is 15.8. The van der Waals surface area contributed by atoms with Gasteiger partial charge in [-0.25, -0.2) is 9.98 Å². The summed E-state index contributed by atoms with van der Waals surface area (Å²) in [6, 6.07) is 66.6. The van der Waals surface area contributed by atoms with Gasteiger partial charge in [-0.3, -0.25) is 0 Å². The molecule has 1 aliphatic carbocycles. The molecule has 1 atom stereocenters. The molecule has 0 radical (unpaired) electrons. The van der Waals surface area contributed by atoms with E-state index in [2.05, 4.69) is 159 Å². The van der Waals surface area contributed by atoms with Crippen molar-refractivity contribution >= 4 is 22.4 Å². The number of nitrogens with one attached hydrogen (secondary N) is 1. The quantitative estimate of drug-likeness (QED) is 0.185. The van der Waals surface area contributed by atoms with Crippen LogP contribution >= 0.6 is 0 Å². The molecule has 4 heteroatoms. The van der Waals surface area contributed by atoms with Crippen LogP contribution in [0.1, 0.15) is 53.4 Å². The fourth-order valence-corrected chi connectivity index (χ4v) is 8.46. The number of benzene rings is 8. The normalized spacial score (nSPS) is 15.1. The summed E-state index contributed by atoms with van der Waals surface area (Å²) in [5.74, 6) is 1.53. The SMILES string of the molecule is CC1(C)c2cc(-c3ccc(-c4ccc5ccc(-c6ccc(C7N=C(c8ccccc8)N=C(c8ccccc8)N7)cc6)cc5c4)cc3)ccc2-c2c(C#N)cccc21. The lowest BCUT2D eigenvalue weighted by Gasteiger charge is -2.23. The molecule has 0 saturated carbocycles. The first-order valence-electron chi connectivity index (χ1n) is 19.4. The molecule has 0 spiro atoms. The lowest BCUT2D eigenvalue weighted by molar-refractivity contribution is 0.660. The maximum absolute atomic E-state index is 9.84. The molecule has 4 nitrogen and oxygen atoms in total. The van der Waals surface area contributed by atoms with Crippen molar-refractivity contribution in [2.75, 3.05) is 0 Å². The Kier molecular flexibility index (Phi) is 8.24. The van der Waals surface area contributed by atoms with Crippen molar-refractivity contribution in [3.8, 4) is 50.6 Å². The molecule has 57 heavy (non-hydrogen) atoms. The molecule has 1 aliphatic heterocycles. The third-order valence-corrected chi connectivity index (χ3v) is 11.6. The van der Waals surface area contributed by atoms with Crippen molar-refractivity contribution in [2.45, 2.75) is 25.4 Å². The van der Waals surface area contributed by atoms with Crippen LogP contribution in [0.2, 0.25) is 0 Å². The minimum Gasteiger partial charge on any atom is -0.344 e. The molecule has 8 aromatic carbocycles. The van der Waals surface area contributed by atoms with E-state index in [1.165, 1.54) is 55.3 Å². The minimum atomic E-state index is -0.267. The van der Waals surface area contributed by atoms with Gasteiger partial charge in [-0.05, 0) is 90.7 Å². The molecule has 0 aromatic heterocycles. The maximum atomic E-state index is 9.84. The number of amidine groups is 2. The topological polar surface area (TPSA) is 60.5 Å². The van der Waals surface area contributed by atoms with Crippen molar-refractivity contribution in [1.82, 2.24) is 5.32 Å². The van der Waals surface area contributed by atoms with E-state index in [-0.39, 0.29) is 11.6 Å². The van der Waals surface area contributed by atoms with Crippen LogP contribution in [-0.4, -0.2) is 11.7 Å². The van der Waals surface area contributed by atoms with Crippen molar-refractivity contribution in [3.05, 3.63) is 215 Å². The smallest absolute Gasteiger partial charge is 0.159 e. The van der Waals surface area contributed by atoms with Gasteiger partial charge in [0, 0.05) is 22.1 Å². The highest BCUT2D eigenvalue weighted by Crippen LogP contribution is 2.50. The highest BCUT2D eigenvalue weighted by atomic mass is 15.2. The Morgan fingerprint density at radius 1 is 0.509 bits per heavy atom. The Labute approximate surface area is 333 Å². The zero-order valence-corrected chi connectivity index (χ0v) is 31.7. The lowest BCUT2D eigenvalue weighted by Crippen LogP contribution is -2.33. The zero-order chi connectivity index (χ0) is 38.5. The molecule has 0 amide bonds. The summed E-state index contributed by atoms with van der Waals surface area (Å²) >= 11 is 0. The average molecular weight is 731 g/mol. The first-order chi connectivity index (χ1) is 27.9. The maximum Gasteiger partial charge on any atom is 0.159 e. The predicted octanol–water partition coefficient (Wildman–Crippen LogP) is 12.5. The Hall–Kier alpha value is -7.35. The molecule has 2 aliphatic rings. The summed E-state index contributed by atoms with van der Waals surface area (Å²) in [6.07, 6.45) is -0.267. The standard InChI is InChI=1S/C53H38N4/c1-53(2)47-15-9-14-44(33-54)49(47)46-29-28-43(32-48(46)53)36-18-16-34(17-19-36)41-26-22-37-23-27-42(31-45(37)30-41)35-20-24-40(25-21-35)52-56-50(38-10-5-3-6-11-38)55-51(57-52)39-12-7-4-8-13-39/h3-32,52H,1-2H3,(H,55,56,57). The van der Waals surface area contributed by atoms with E-state index in [1.54, 1.807) is 0 Å². The van der Waals surface area contributed by atoms with Crippen molar-refractivity contribution in [1.29, 1.82) is 5.26 Å². The van der Waals surface area contributed by atoms with Gasteiger partial charge in [0.05, 0.1) is 11.6 Å². The van der Waals surface area contributed by atoms with E-state index < -0.39 is 0 Å². The molecule has 0 fully saturated rings. The van der Waals surface area contributed by atoms with Crippen LogP contribution in [0.4, 0.5) is 0 Å². The average Bonchev–Trinajstić information content (AvgIpc) is 3.51. The lowest BCUT2D eigenvalue weighted by atomic mass is 9.81. The number of hydrogen-bond acceptors (Lipinski definition) is 4. The predicted molar refractivity (Wildman–Crippen MR) is 234 cm³/mol. The molecular weight excluding hydrogens is 693 g/mol. The molecule has 0 saturated heterocycles. The summed E-state index contributed by atoms with van der Waals surface area (Å²) in [4.78, 5) is 9.96. The summed E-state index contributed by atoms with van der Waals surface area (Å²) < 4.78 is 0. The van der Waals surface area contributed by atoms with E-state index in [1.807, 2.05) is 48.5 Å². The van der Waals surface area contributed by atoms with Crippen LogP contribution in [0.25, 0.3) is 55.3 Å². The molecular formula is C53H38N4. The summed E-state index contributed by atoms with van der Waals surface area (Å²) in [6.45, 7) is 4.52. The van der Waals surface area contributed by atoms with Gasteiger partial charge in [0.1, 0.15) is 12.0 Å².